The van der Waals surface area contributed by atoms with Gasteiger partial charge in [0, 0.05) is 45.2 Å². The standard InChI is InChI=1S/C18H27NO3Si/c1-20-23(21-2,22-3)13-9-5-4-6-10-16-14-19-15-17-11-7-8-12-18(16)17/h7-8,11-12,14-15H,4-6,9-10,13H2,1-3H3. The third-order valence-corrected chi connectivity index (χ3v) is 7.19. The molecule has 0 bridgehead atoms. The van der Waals surface area contributed by atoms with Gasteiger partial charge in [0.05, 0.1) is 0 Å². The Hall–Kier alpha value is -1.27. The third-order valence-electron chi connectivity index (χ3n) is 4.36. The zero-order valence-electron chi connectivity index (χ0n) is 14.4. The summed E-state index contributed by atoms with van der Waals surface area (Å²) < 4.78 is 16.3. The maximum absolute atomic E-state index is 5.45. The van der Waals surface area contributed by atoms with E-state index < -0.39 is 8.80 Å². The van der Waals surface area contributed by atoms with Gasteiger partial charge in [-0.1, -0.05) is 37.1 Å². The lowest BCUT2D eigenvalue weighted by Gasteiger charge is -2.24. The van der Waals surface area contributed by atoms with E-state index in [0.717, 1.165) is 18.9 Å². The van der Waals surface area contributed by atoms with Gasteiger partial charge in [0.2, 0.25) is 0 Å². The molecule has 0 N–H and O–H groups in total. The Bertz CT molecular complexity index is 588. The molecular formula is C18H27NO3Si. The van der Waals surface area contributed by atoms with Crippen molar-refractivity contribution in [2.75, 3.05) is 21.3 Å². The highest BCUT2D eigenvalue weighted by Crippen LogP contribution is 2.21. The van der Waals surface area contributed by atoms with Crippen LogP contribution in [-0.4, -0.2) is 35.1 Å². The Balaban J connectivity index is 1.75. The molecule has 0 atom stereocenters. The maximum atomic E-state index is 5.45. The van der Waals surface area contributed by atoms with E-state index in [0.29, 0.717) is 0 Å². The van der Waals surface area contributed by atoms with Crippen molar-refractivity contribution in [2.45, 2.75) is 38.1 Å². The van der Waals surface area contributed by atoms with Gasteiger partial charge in [-0.15, -0.1) is 0 Å². The summed E-state index contributed by atoms with van der Waals surface area (Å²) in [5, 5.41) is 2.55. The van der Waals surface area contributed by atoms with Gasteiger partial charge in [0.1, 0.15) is 0 Å². The zero-order chi connectivity index (χ0) is 16.5. The average molecular weight is 334 g/mol. The first kappa shape index (κ1) is 18.1. The van der Waals surface area contributed by atoms with Crippen LogP contribution in [0.3, 0.4) is 0 Å². The molecule has 2 aromatic rings. The zero-order valence-corrected chi connectivity index (χ0v) is 15.4. The van der Waals surface area contributed by atoms with Crippen LogP contribution in [0.5, 0.6) is 0 Å². The normalized spacial score (nSPS) is 12.0. The summed E-state index contributed by atoms with van der Waals surface area (Å²) in [6.07, 6.45) is 9.64. The Labute approximate surface area is 140 Å². The predicted octanol–water partition coefficient (Wildman–Crippen LogP) is 4.22. The number of rotatable bonds is 10. The molecule has 0 radical (unpaired) electrons. The smallest absolute Gasteiger partial charge is 0.377 e. The minimum absolute atomic E-state index is 0.881. The second-order valence-electron chi connectivity index (χ2n) is 5.73. The van der Waals surface area contributed by atoms with Gasteiger partial charge >= 0.3 is 8.80 Å². The molecule has 1 aromatic heterocycles. The number of hydrogen-bond acceptors (Lipinski definition) is 4. The van der Waals surface area contributed by atoms with Crippen molar-refractivity contribution < 1.29 is 13.3 Å². The molecule has 0 aliphatic carbocycles. The summed E-state index contributed by atoms with van der Waals surface area (Å²) in [5.74, 6) is 0. The van der Waals surface area contributed by atoms with Crippen LogP contribution in [0.2, 0.25) is 6.04 Å². The van der Waals surface area contributed by atoms with Gasteiger partial charge in [-0.05, 0) is 30.2 Å². The SMILES string of the molecule is CO[Si](CCCCCCc1cncc2ccccc12)(OC)OC. The van der Waals surface area contributed by atoms with E-state index in [1.54, 1.807) is 21.3 Å². The minimum Gasteiger partial charge on any atom is -0.377 e. The molecule has 0 saturated heterocycles. The fourth-order valence-electron chi connectivity index (χ4n) is 2.95. The highest BCUT2D eigenvalue weighted by atomic mass is 28.4. The molecule has 0 amide bonds. The fourth-order valence-corrected chi connectivity index (χ4v) is 4.74. The van der Waals surface area contributed by atoms with E-state index in [2.05, 4.69) is 29.2 Å². The predicted molar refractivity (Wildman–Crippen MR) is 95.5 cm³/mol. The van der Waals surface area contributed by atoms with Crippen LogP contribution in [0.1, 0.15) is 31.2 Å². The Morgan fingerprint density at radius 1 is 0.870 bits per heavy atom. The molecule has 1 aromatic carbocycles. The van der Waals surface area contributed by atoms with E-state index in [-0.39, 0.29) is 0 Å². The molecule has 0 aliphatic heterocycles. The molecule has 0 fully saturated rings. The Morgan fingerprint density at radius 3 is 2.30 bits per heavy atom. The number of fused-ring (bicyclic) bond motifs is 1. The quantitative estimate of drug-likeness (QED) is 0.482. The van der Waals surface area contributed by atoms with Crippen molar-refractivity contribution in [1.29, 1.82) is 0 Å². The minimum atomic E-state index is -2.39. The molecule has 0 saturated carbocycles. The molecule has 126 valence electrons. The molecule has 0 spiro atoms. The summed E-state index contributed by atoms with van der Waals surface area (Å²) in [6, 6.07) is 9.34. The third kappa shape index (κ3) is 4.85. The second-order valence-corrected chi connectivity index (χ2v) is 8.82. The topological polar surface area (TPSA) is 40.6 Å². The van der Waals surface area contributed by atoms with Crippen LogP contribution in [0.4, 0.5) is 0 Å². The first-order valence-corrected chi connectivity index (χ1v) is 10.1. The molecular weight excluding hydrogens is 306 g/mol. The van der Waals surface area contributed by atoms with Gasteiger partial charge in [-0.25, -0.2) is 0 Å². The van der Waals surface area contributed by atoms with Crippen molar-refractivity contribution >= 4 is 19.6 Å². The number of benzene rings is 1. The average Bonchev–Trinajstić information content (AvgIpc) is 2.62. The summed E-state index contributed by atoms with van der Waals surface area (Å²) in [6.45, 7) is 0. The first-order valence-electron chi connectivity index (χ1n) is 8.22. The molecule has 0 aliphatic rings. The Morgan fingerprint density at radius 2 is 1.57 bits per heavy atom. The summed E-state index contributed by atoms with van der Waals surface area (Å²) in [4.78, 5) is 4.35. The lowest BCUT2D eigenvalue weighted by atomic mass is 10.0. The summed E-state index contributed by atoms with van der Waals surface area (Å²) in [7, 11) is 2.63. The van der Waals surface area contributed by atoms with Crippen LogP contribution >= 0.6 is 0 Å². The largest absolute Gasteiger partial charge is 0.500 e. The Kier molecular flexibility index (Phi) is 7.17. The summed E-state index contributed by atoms with van der Waals surface area (Å²) >= 11 is 0. The van der Waals surface area contributed by atoms with Crippen LogP contribution in [0.15, 0.2) is 36.7 Å². The first-order chi connectivity index (χ1) is 11.2. The van der Waals surface area contributed by atoms with Gasteiger partial charge < -0.3 is 13.3 Å². The highest BCUT2D eigenvalue weighted by molar-refractivity contribution is 6.60. The molecule has 1 heterocycles. The lowest BCUT2D eigenvalue weighted by Crippen LogP contribution is -2.42. The molecule has 5 heteroatoms. The second kappa shape index (κ2) is 9.13. The van der Waals surface area contributed by atoms with Gasteiger partial charge in [0.15, 0.2) is 0 Å². The van der Waals surface area contributed by atoms with E-state index in [9.17, 15) is 0 Å². The van der Waals surface area contributed by atoms with Crippen LogP contribution in [-0.2, 0) is 19.7 Å². The number of aromatic nitrogens is 1. The van der Waals surface area contributed by atoms with E-state index in [1.165, 1.54) is 35.6 Å². The monoisotopic (exact) mass is 333 g/mol. The molecule has 2 rings (SSSR count). The van der Waals surface area contributed by atoms with Crippen molar-refractivity contribution in [3.8, 4) is 0 Å². The summed E-state index contributed by atoms with van der Waals surface area (Å²) in [5.41, 5.74) is 1.34. The van der Waals surface area contributed by atoms with Crippen LogP contribution in [0.25, 0.3) is 10.8 Å². The number of pyridine rings is 1. The van der Waals surface area contributed by atoms with Crippen molar-refractivity contribution in [3.63, 3.8) is 0 Å². The maximum Gasteiger partial charge on any atom is 0.500 e. The van der Waals surface area contributed by atoms with Crippen LogP contribution in [0, 0.1) is 0 Å². The van der Waals surface area contributed by atoms with E-state index >= 15 is 0 Å². The number of unbranched alkanes of at least 4 members (excludes halogenated alkanes) is 3. The van der Waals surface area contributed by atoms with Crippen LogP contribution < -0.4 is 0 Å². The van der Waals surface area contributed by atoms with E-state index in [4.69, 9.17) is 13.3 Å². The van der Waals surface area contributed by atoms with Gasteiger partial charge in [0.25, 0.3) is 0 Å². The number of hydrogen-bond donors (Lipinski definition) is 0. The lowest BCUT2D eigenvalue weighted by molar-refractivity contribution is 0.122. The fraction of sp³-hybridized carbons (Fsp3) is 0.500. The van der Waals surface area contributed by atoms with E-state index in [1.807, 2.05) is 12.4 Å². The highest BCUT2D eigenvalue weighted by Gasteiger charge is 2.36. The van der Waals surface area contributed by atoms with Crippen molar-refractivity contribution in [2.24, 2.45) is 0 Å². The number of nitrogens with zero attached hydrogens (tertiary/aromatic N) is 1. The molecule has 4 nitrogen and oxygen atoms in total. The molecule has 0 unspecified atom stereocenters. The molecule has 23 heavy (non-hydrogen) atoms. The van der Waals surface area contributed by atoms with Gasteiger partial charge in [-0.3, -0.25) is 4.98 Å². The number of aryl methyl sites for hydroxylation is 1. The van der Waals surface area contributed by atoms with Crippen molar-refractivity contribution in [3.05, 3.63) is 42.2 Å². The van der Waals surface area contributed by atoms with Crippen molar-refractivity contribution in [1.82, 2.24) is 4.98 Å². The van der Waals surface area contributed by atoms with Gasteiger partial charge in [-0.2, -0.15) is 0 Å².